The Kier molecular flexibility index (Phi) is 4.68. The quantitative estimate of drug-likeness (QED) is 0.906. The Hall–Kier alpha value is -1.80. The van der Waals surface area contributed by atoms with Crippen molar-refractivity contribution in [1.29, 1.82) is 0 Å². The molecule has 2 aromatic rings. The number of piperidine rings is 1. The Labute approximate surface area is 148 Å². The van der Waals surface area contributed by atoms with Crippen LogP contribution in [-0.4, -0.2) is 53.1 Å². The molecule has 0 bridgehead atoms. The molecular formula is C17H29N7O. The first-order valence-corrected chi connectivity index (χ1v) is 8.96. The number of likely N-dealkylation sites (tertiary alicyclic amines) is 1. The van der Waals surface area contributed by atoms with E-state index in [4.69, 9.17) is 0 Å². The van der Waals surface area contributed by atoms with Crippen LogP contribution in [0.1, 0.15) is 64.9 Å². The molecule has 0 aliphatic carbocycles. The molecular weight excluding hydrogens is 318 g/mol. The standard InChI is InChI=1S/C17H29N7O/c1-13(2)23-11-15(19-20-23)17(25)7-6-8-22(12-17)9-14-10-24(21-18-14)16(3,4)5/h10-11,13,25H,6-9,12H2,1-5H3/t17-/m1/s1. The highest BCUT2D eigenvalue weighted by Crippen LogP contribution is 2.31. The predicted molar refractivity (Wildman–Crippen MR) is 93.8 cm³/mol. The third-order valence-corrected chi connectivity index (χ3v) is 4.68. The second kappa shape index (κ2) is 6.49. The SMILES string of the molecule is CC(C)n1cc([C@@]2(O)CCCN(Cc3cn(C(C)(C)C)nn3)C2)nn1. The Morgan fingerprint density at radius 2 is 1.96 bits per heavy atom. The van der Waals surface area contributed by atoms with Crippen molar-refractivity contribution in [2.24, 2.45) is 0 Å². The van der Waals surface area contributed by atoms with Crippen molar-refractivity contribution in [3.05, 3.63) is 23.8 Å². The number of aromatic nitrogens is 6. The normalized spacial score (nSPS) is 22.7. The molecule has 0 saturated carbocycles. The fourth-order valence-electron chi connectivity index (χ4n) is 3.14. The molecule has 0 radical (unpaired) electrons. The van der Waals surface area contributed by atoms with Crippen molar-refractivity contribution in [2.45, 2.75) is 71.2 Å². The summed E-state index contributed by atoms with van der Waals surface area (Å²) in [7, 11) is 0. The first-order chi connectivity index (χ1) is 11.7. The third-order valence-electron chi connectivity index (χ3n) is 4.68. The monoisotopic (exact) mass is 347 g/mol. The van der Waals surface area contributed by atoms with E-state index < -0.39 is 5.60 Å². The maximum Gasteiger partial charge on any atom is 0.123 e. The summed E-state index contributed by atoms with van der Waals surface area (Å²) in [6.45, 7) is 12.5. The van der Waals surface area contributed by atoms with Crippen LogP contribution in [0.5, 0.6) is 0 Å². The van der Waals surface area contributed by atoms with Crippen molar-refractivity contribution in [1.82, 2.24) is 34.9 Å². The Balaban J connectivity index is 1.71. The molecule has 25 heavy (non-hydrogen) atoms. The van der Waals surface area contributed by atoms with E-state index in [0.29, 0.717) is 25.2 Å². The van der Waals surface area contributed by atoms with Gasteiger partial charge in [-0.1, -0.05) is 10.4 Å². The van der Waals surface area contributed by atoms with Crippen LogP contribution < -0.4 is 0 Å². The fraction of sp³-hybridized carbons (Fsp3) is 0.765. The summed E-state index contributed by atoms with van der Waals surface area (Å²) in [6, 6.07) is 0.233. The van der Waals surface area contributed by atoms with Gasteiger partial charge in [-0.05, 0) is 54.0 Å². The third kappa shape index (κ3) is 3.90. The molecule has 8 nitrogen and oxygen atoms in total. The van der Waals surface area contributed by atoms with Crippen LogP contribution >= 0.6 is 0 Å². The van der Waals surface area contributed by atoms with Crippen molar-refractivity contribution >= 4 is 0 Å². The molecule has 1 aliphatic rings. The molecule has 0 unspecified atom stereocenters. The smallest absolute Gasteiger partial charge is 0.123 e. The Bertz CT molecular complexity index is 715. The predicted octanol–water partition coefficient (Wildman–Crippen LogP) is 1.69. The van der Waals surface area contributed by atoms with Gasteiger partial charge in [-0.3, -0.25) is 4.90 Å². The average Bonchev–Trinajstić information content (AvgIpc) is 3.16. The first-order valence-electron chi connectivity index (χ1n) is 8.96. The largest absolute Gasteiger partial charge is 0.382 e. The molecule has 3 rings (SSSR count). The summed E-state index contributed by atoms with van der Waals surface area (Å²) in [6.07, 6.45) is 5.47. The van der Waals surface area contributed by atoms with Crippen LogP contribution in [0.25, 0.3) is 0 Å². The van der Waals surface area contributed by atoms with Crippen molar-refractivity contribution in [2.75, 3.05) is 13.1 Å². The molecule has 0 aromatic carbocycles. The molecule has 3 heterocycles. The van der Waals surface area contributed by atoms with E-state index in [2.05, 4.69) is 46.3 Å². The number of hydrogen-bond donors (Lipinski definition) is 1. The van der Waals surface area contributed by atoms with Crippen LogP contribution in [0.15, 0.2) is 12.4 Å². The number of nitrogens with zero attached hydrogens (tertiary/aromatic N) is 7. The summed E-state index contributed by atoms with van der Waals surface area (Å²) in [5.41, 5.74) is 0.545. The molecule has 1 atom stereocenters. The Morgan fingerprint density at radius 3 is 2.56 bits per heavy atom. The van der Waals surface area contributed by atoms with Crippen LogP contribution in [0.2, 0.25) is 0 Å². The summed E-state index contributed by atoms with van der Waals surface area (Å²) in [5.74, 6) is 0. The van der Waals surface area contributed by atoms with Crippen molar-refractivity contribution in [3.63, 3.8) is 0 Å². The molecule has 0 spiro atoms. The van der Waals surface area contributed by atoms with Crippen molar-refractivity contribution < 1.29 is 5.11 Å². The van der Waals surface area contributed by atoms with Gasteiger partial charge in [0.25, 0.3) is 0 Å². The maximum atomic E-state index is 11.1. The molecule has 1 fully saturated rings. The minimum Gasteiger partial charge on any atom is -0.382 e. The lowest BCUT2D eigenvalue weighted by Gasteiger charge is -2.37. The number of hydrogen-bond acceptors (Lipinski definition) is 6. The average molecular weight is 347 g/mol. The minimum atomic E-state index is -0.953. The van der Waals surface area contributed by atoms with E-state index in [0.717, 1.165) is 18.7 Å². The zero-order valence-electron chi connectivity index (χ0n) is 15.8. The molecule has 8 heteroatoms. The van der Waals surface area contributed by atoms with Gasteiger partial charge in [0.2, 0.25) is 0 Å². The van der Waals surface area contributed by atoms with Gasteiger partial charge < -0.3 is 5.11 Å². The number of aliphatic hydroxyl groups is 1. The molecule has 1 aliphatic heterocycles. The van der Waals surface area contributed by atoms with Gasteiger partial charge in [-0.2, -0.15) is 0 Å². The number of β-amino-alcohol motifs (C(OH)–C–C–N with tert-alkyl or cyclic N) is 1. The van der Waals surface area contributed by atoms with E-state index in [1.54, 1.807) is 4.68 Å². The van der Waals surface area contributed by atoms with E-state index in [-0.39, 0.29) is 11.6 Å². The van der Waals surface area contributed by atoms with Crippen LogP contribution in [0.3, 0.4) is 0 Å². The van der Waals surface area contributed by atoms with E-state index >= 15 is 0 Å². The van der Waals surface area contributed by atoms with Crippen LogP contribution in [0.4, 0.5) is 0 Å². The molecule has 0 amide bonds. The number of rotatable bonds is 4. The lowest BCUT2D eigenvalue weighted by Crippen LogP contribution is -2.46. The second-order valence-electron chi connectivity index (χ2n) is 8.35. The van der Waals surface area contributed by atoms with Gasteiger partial charge in [-0.25, -0.2) is 9.36 Å². The lowest BCUT2D eigenvalue weighted by molar-refractivity contribution is -0.0417. The van der Waals surface area contributed by atoms with Crippen LogP contribution in [0, 0.1) is 0 Å². The van der Waals surface area contributed by atoms with Gasteiger partial charge in [0.1, 0.15) is 11.3 Å². The van der Waals surface area contributed by atoms with Gasteiger partial charge in [-0.15, -0.1) is 10.2 Å². The summed E-state index contributed by atoms with van der Waals surface area (Å²) in [5, 5.41) is 28.0. The molecule has 2 aromatic heterocycles. The van der Waals surface area contributed by atoms with E-state index in [9.17, 15) is 5.11 Å². The molecule has 1 N–H and O–H groups in total. The van der Waals surface area contributed by atoms with Gasteiger partial charge in [0, 0.05) is 19.1 Å². The topological polar surface area (TPSA) is 84.9 Å². The first kappa shape index (κ1) is 18.0. The highest BCUT2D eigenvalue weighted by atomic mass is 16.3. The van der Waals surface area contributed by atoms with Crippen LogP contribution in [-0.2, 0) is 17.7 Å². The summed E-state index contributed by atoms with van der Waals surface area (Å²) in [4.78, 5) is 2.22. The zero-order valence-corrected chi connectivity index (χ0v) is 15.8. The molecule has 138 valence electrons. The van der Waals surface area contributed by atoms with Gasteiger partial charge >= 0.3 is 0 Å². The summed E-state index contributed by atoms with van der Waals surface area (Å²) < 4.78 is 3.67. The van der Waals surface area contributed by atoms with E-state index in [1.165, 1.54) is 0 Å². The highest BCUT2D eigenvalue weighted by Gasteiger charge is 2.37. The van der Waals surface area contributed by atoms with Crippen molar-refractivity contribution in [3.8, 4) is 0 Å². The zero-order chi connectivity index (χ0) is 18.2. The Morgan fingerprint density at radius 1 is 1.20 bits per heavy atom. The second-order valence-corrected chi connectivity index (χ2v) is 8.35. The minimum absolute atomic E-state index is 0.0801. The van der Waals surface area contributed by atoms with Gasteiger partial charge in [0.15, 0.2) is 0 Å². The lowest BCUT2D eigenvalue weighted by atomic mass is 9.90. The molecule has 1 saturated heterocycles. The van der Waals surface area contributed by atoms with E-state index in [1.807, 2.05) is 30.9 Å². The maximum absolute atomic E-state index is 11.1. The highest BCUT2D eigenvalue weighted by molar-refractivity contribution is 5.10. The van der Waals surface area contributed by atoms with Gasteiger partial charge in [0.05, 0.1) is 23.6 Å². The summed E-state index contributed by atoms with van der Waals surface area (Å²) >= 11 is 0. The fourth-order valence-corrected chi connectivity index (χ4v) is 3.14.